The van der Waals surface area contributed by atoms with Gasteiger partial charge in [0, 0.05) is 0 Å². The maximum absolute atomic E-state index is 2.99. The Morgan fingerprint density at radius 2 is 1.39 bits per heavy atom. The molecular formula is C35H48Cl2Zr-2. The van der Waals surface area contributed by atoms with E-state index in [9.17, 15) is 0 Å². The summed E-state index contributed by atoms with van der Waals surface area (Å²) in [5.74, 6) is 0. The molecule has 0 fully saturated rings. The van der Waals surface area contributed by atoms with Gasteiger partial charge in [0.25, 0.3) is 0 Å². The zero-order chi connectivity index (χ0) is 26.5. The molecule has 0 aromatic heterocycles. The van der Waals surface area contributed by atoms with E-state index in [4.69, 9.17) is 0 Å². The Morgan fingerprint density at radius 3 is 1.89 bits per heavy atom. The van der Waals surface area contributed by atoms with Gasteiger partial charge in [-0.2, -0.15) is 6.08 Å². The molecule has 0 aliphatic heterocycles. The van der Waals surface area contributed by atoms with Crippen molar-refractivity contribution >= 4 is 24.8 Å². The Morgan fingerprint density at radius 1 is 0.816 bits per heavy atom. The molecule has 0 saturated carbocycles. The van der Waals surface area contributed by atoms with E-state index in [1.807, 2.05) is 12.2 Å². The summed E-state index contributed by atoms with van der Waals surface area (Å²) in [6, 6.07) is 9.51. The number of hydrogen-bond donors (Lipinski definition) is 0. The van der Waals surface area contributed by atoms with Gasteiger partial charge in [-0.1, -0.05) is 60.6 Å². The van der Waals surface area contributed by atoms with Gasteiger partial charge < -0.3 is 24.8 Å². The van der Waals surface area contributed by atoms with Gasteiger partial charge in [-0.3, -0.25) is 6.08 Å². The monoisotopic (exact) mass is 628 g/mol. The van der Waals surface area contributed by atoms with Crippen molar-refractivity contribution in [3.05, 3.63) is 76.4 Å². The third-order valence-electron chi connectivity index (χ3n) is 7.31. The summed E-state index contributed by atoms with van der Waals surface area (Å²) in [7, 11) is 0. The second-order valence-corrected chi connectivity index (χ2v) is 12.1. The van der Waals surface area contributed by atoms with Gasteiger partial charge in [0.05, 0.1) is 0 Å². The average molecular weight is 631 g/mol. The maximum Gasteiger partial charge on any atom is -0.0408 e. The predicted molar refractivity (Wildman–Crippen MR) is 160 cm³/mol. The average Bonchev–Trinajstić information content (AvgIpc) is 3.55. The van der Waals surface area contributed by atoms with E-state index in [0.29, 0.717) is 0 Å². The Labute approximate surface area is 261 Å². The number of benzene rings is 2. The Bertz CT molecular complexity index is 1160. The first-order valence-corrected chi connectivity index (χ1v) is 15.4. The minimum absolute atomic E-state index is 0. The Balaban J connectivity index is 0.000000676. The molecule has 0 unspecified atom stereocenters. The molecule has 0 radical (unpaired) electrons. The largest absolute Gasteiger partial charge is 1.00 e. The van der Waals surface area contributed by atoms with Crippen LogP contribution in [0.25, 0.3) is 21.5 Å². The second kappa shape index (κ2) is 20.1. The smallest absolute Gasteiger partial charge is 0.0408 e. The predicted octanol–water partition coefficient (Wildman–Crippen LogP) is 4.69. The van der Waals surface area contributed by atoms with E-state index < -0.39 is 0 Å². The number of aryl methyl sites for hydroxylation is 4. The molecular weight excluding hydrogens is 583 g/mol. The number of halogens is 2. The molecule has 0 nitrogen and oxygen atoms in total. The van der Waals surface area contributed by atoms with Crippen LogP contribution in [-0.2, 0) is 30.7 Å². The van der Waals surface area contributed by atoms with E-state index in [0.717, 1.165) is 6.42 Å². The number of allylic oxidation sites excluding steroid dienone is 4. The van der Waals surface area contributed by atoms with Crippen LogP contribution in [0.1, 0.15) is 106 Å². The fourth-order valence-electron chi connectivity index (χ4n) is 4.66. The van der Waals surface area contributed by atoms with Crippen molar-refractivity contribution in [2.75, 3.05) is 0 Å². The van der Waals surface area contributed by atoms with Crippen LogP contribution >= 0.6 is 0 Å². The standard InChI is InChI=1S/C21H25.C9H18.C5H5.2ClH.Zr/c1-6-7-8-18-16(5)15(4)11-20-19-10-14(3)13(2)9-17(19)12-21(18)20;1-3-5-7-9-8-6-4-2;1-2-4-5-3-1;;;/h9-12H,6-8H2,1-5H3;3-8H2,1-2H3;1-3H,4H2;2*1H;/q-1;;-1;;;+2/p-2. The van der Waals surface area contributed by atoms with Gasteiger partial charge in [0.2, 0.25) is 0 Å². The first-order valence-electron chi connectivity index (χ1n) is 14.2. The number of rotatable bonds is 9. The third-order valence-corrected chi connectivity index (χ3v) is 8.54. The van der Waals surface area contributed by atoms with Crippen LogP contribution < -0.4 is 24.8 Å². The van der Waals surface area contributed by atoms with Crippen molar-refractivity contribution in [1.29, 1.82) is 0 Å². The second-order valence-electron chi connectivity index (χ2n) is 10.3. The fraction of sp³-hybridized carbons (Fsp3) is 0.486. The minimum atomic E-state index is 0. The molecule has 1 aliphatic rings. The van der Waals surface area contributed by atoms with Crippen molar-refractivity contribution in [3.63, 3.8) is 0 Å². The van der Waals surface area contributed by atoms with Crippen LogP contribution in [0.15, 0.2) is 42.5 Å². The molecule has 3 heteroatoms. The molecule has 4 rings (SSSR count). The van der Waals surface area contributed by atoms with Gasteiger partial charge in [-0.15, -0.1) is 45.7 Å². The van der Waals surface area contributed by atoms with Crippen LogP contribution in [0.2, 0.25) is 0 Å². The van der Waals surface area contributed by atoms with Gasteiger partial charge >= 0.3 is 79.8 Å². The molecule has 0 N–H and O–H groups in total. The summed E-state index contributed by atoms with van der Waals surface area (Å²) in [4.78, 5) is 0. The van der Waals surface area contributed by atoms with E-state index >= 15 is 0 Å². The molecule has 3 aromatic rings. The van der Waals surface area contributed by atoms with Crippen LogP contribution in [0.3, 0.4) is 0 Å². The fourth-order valence-corrected chi connectivity index (χ4v) is 5.53. The normalized spacial score (nSPS) is 11.4. The van der Waals surface area contributed by atoms with Crippen LogP contribution in [0.4, 0.5) is 0 Å². The van der Waals surface area contributed by atoms with Crippen molar-refractivity contribution in [1.82, 2.24) is 0 Å². The molecule has 38 heavy (non-hydrogen) atoms. The summed E-state index contributed by atoms with van der Waals surface area (Å²) in [6.07, 6.45) is 22.0. The maximum atomic E-state index is 2.99. The number of hydrogen-bond acceptors (Lipinski definition) is 0. The molecule has 0 saturated heterocycles. The molecule has 0 heterocycles. The Kier molecular flexibility index (Phi) is 19.6. The molecule has 0 bridgehead atoms. The van der Waals surface area contributed by atoms with E-state index in [1.54, 1.807) is 33.0 Å². The molecule has 0 spiro atoms. The topological polar surface area (TPSA) is 0 Å². The first kappa shape index (κ1) is 37.1. The summed E-state index contributed by atoms with van der Waals surface area (Å²) in [5, 5.41) is 5.75. The molecule has 1 aliphatic carbocycles. The molecule has 0 atom stereocenters. The van der Waals surface area contributed by atoms with Crippen molar-refractivity contribution < 1.29 is 49.0 Å². The van der Waals surface area contributed by atoms with Gasteiger partial charge in [-0.25, -0.2) is 12.2 Å². The summed E-state index contributed by atoms with van der Waals surface area (Å²) in [6.45, 7) is 15.8. The van der Waals surface area contributed by atoms with E-state index in [1.165, 1.54) is 102 Å². The third kappa shape index (κ3) is 11.3. The van der Waals surface area contributed by atoms with Crippen molar-refractivity contribution in [2.45, 2.75) is 113 Å². The van der Waals surface area contributed by atoms with Gasteiger partial charge in [0.1, 0.15) is 0 Å². The first-order chi connectivity index (χ1) is 17.3. The quantitative estimate of drug-likeness (QED) is 0.301. The molecule has 208 valence electrons. The summed E-state index contributed by atoms with van der Waals surface area (Å²) in [5.41, 5.74) is 7.27. The van der Waals surface area contributed by atoms with Crippen LogP contribution in [0.5, 0.6) is 0 Å². The van der Waals surface area contributed by atoms with Crippen molar-refractivity contribution in [2.24, 2.45) is 0 Å². The van der Waals surface area contributed by atoms with Crippen LogP contribution in [0, 0.1) is 33.8 Å². The number of fused-ring (bicyclic) bond motifs is 3. The SMILES string of the molecule is CCCC[C](=[Zr+2])CCCC.CCCCc1c(C)c(C)cc2c1[cH-]c1cc(C)c(C)cc12.[C-]1=CC=CC1.[Cl-].[Cl-]. The molecule has 0 amide bonds. The zero-order valence-corrected chi connectivity index (χ0v) is 28.8. The summed E-state index contributed by atoms with van der Waals surface area (Å²) < 4.78 is 1.79. The van der Waals surface area contributed by atoms with Gasteiger partial charge in [-0.05, 0) is 27.7 Å². The number of unbranched alkanes of at least 4 members (excludes halogenated alkanes) is 3. The molecule has 3 aromatic carbocycles. The Hall–Kier alpha value is -0.877. The van der Waals surface area contributed by atoms with Crippen LogP contribution in [-0.4, -0.2) is 3.21 Å². The van der Waals surface area contributed by atoms with E-state index in [-0.39, 0.29) is 24.8 Å². The zero-order valence-electron chi connectivity index (χ0n) is 24.9. The van der Waals surface area contributed by atoms with E-state index in [2.05, 4.69) is 84.9 Å². The van der Waals surface area contributed by atoms with Crippen molar-refractivity contribution in [3.8, 4) is 0 Å². The summed E-state index contributed by atoms with van der Waals surface area (Å²) >= 11 is 1.67. The van der Waals surface area contributed by atoms with Gasteiger partial charge in [0.15, 0.2) is 0 Å². The minimum Gasteiger partial charge on any atom is -1.00 e.